The molecule has 0 bridgehead atoms. The largest absolute Gasteiger partial charge is 0.353 e. The van der Waals surface area contributed by atoms with Crippen LogP contribution in [-0.4, -0.2) is 25.3 Å². The first-order valence-electron chi connectivity index (χ1n) is 8.73. The van der Waals surface area contributed by atoms with Crippen molar-refractivity contribution in [3.63, 3.8) is 0 Å². The fraction of sp³-hybridized carbons (Fsp3) is 0.368. The van der Waals surface area contributed by atoms with Gasteiger partial charge in [-0.25, -0.2) is 0 Å². The van der Waals surface area contributed by atoms with Crippen LogP contribution in [0.2, 0.25) is 0 Å². The van der Waals surface area contributed by atoms with E-state index < -0.39 is 0 Å². The average molecular weight is 372 g/mol. The molecule has 1 aromatic rings. The number of nitrogens with two attached hydrogens (primary N) is 1. The summed E-state index contributed by atoms with van der Waals surface area (Å²) < 4.78 is 0. The molecule has 0 saturated carbocycles. The van der Waals surface area contributed by atoms with Gasteiger partial charge in [-0.1, -0.05) is 13.0 Å². The summed E-state index contributed by atoms with van der Waals surface area (Å²) in [4.78, 5) is 44.6. The van der Waals surface area contributed by atoms with E-state index >= 15 is 0 Å². The molecule has 0 radical (unpaired) electrons. The monoisotopic (exact) mass is 372 g/mol. The normalized spacial score (nSPS) is 12.2. The van der Waals surface area contributed by atoms with Gasteiger partial charge in [-0.2, -0.15) is 0 Å². The molecule has 0 heterocycles. The lowest BCUT2D eigenvalue weighted by atomic mass is 9.90. The summed E-state index contributed by atoms with van der Waals surface area (Å²) in [5, 5.41) is 8.41. The first-order valence-corrected chi connectivity index (χ1v) is 8.73. The van der Waals surface area contributed by atoms with Crippen LogP contribution in [0.4, 0.5) is 11.4 Å². The number of nitroso groups, excluding NO2 is 2. The van der Waals surface area contributed by atoms with Crippen molar-refractivity contribution < 1.29 is 9.59 Å². The van der Waals surface area contributed by atoms with Crippen LogP contribution in [0.3, 0.4) is 0 Å². The lowest BCUT2D eigenvalue weighted by molar-refractivity contribution is -0.116. The molecule has 1 atom stereocenters. The van der Waals surface area contributed by atoms with E-state index in [0.717, 1.165) is 12.8 Å². The van der Waals surface area contributed by atoms with Gasteiger partial charge in [0.25, 0.3) is 0 Å². The predicted molar refractivity (Wildman–Crippen MR) is 106 cm³/mol. The van der Waals surface area contributed by atoms with Crippen LogP contribution in [-0.2, 0) is 9.59 Å². The zero-order valence-electron chi connectivity index (χ0n) is 15.3. The quantitative estimate of drug-likeness (QED) is 0.250. The number of nitrogens with zero attached hydrogens (tertiary/aromatic N) is 2. The van der Waals surface area contributed by atoms with Crippen molar-refractivity contribution in [1.82, 2.24) is 5.32 Å². The second-order valence-electron chi connectivity index (χ2n) is 5.81. The molecule has 0 fully saturated rings. The number of benzene rings is 1. The fourth-order valence-electron chi connectivity index (χ4n) is 2.57. The molecule has 0 aliphatic rings. The number of amides is 1. The van der Waals surface area contributed by atoms with E-state index in [9.17, 15) is 19.4 Å². The van der Waals surface area contributed by atoms with Gasteiger partial charge in [0.2, 0.25) is 5.91 Å². The van der Waals surface area contributed by atoms with Gasteiger partial charge in [0.1, 0.15) is 17.7 Å². The minimum atomic E-state index is -0.285. The van der Waals surface area contributed by atoms with Crippen molar-refractivity contribution in [3.8, 4) is 0 Å². The van der Waals surface area contributed by atoms with Crippen LogP contribution in [0.5, 0.6) is 0 Å². The van der Waals surface area contributed by atoms with Gasteiger partial charge in [-0.15, -0.1) is 9.81 Å². The number of nitrogens with one attached hydrogen (secondary N) is 1. The molecule has 27 heavy (non-hydrogen) atoms. The maximum Gasteiger partial charge on any atom is 0.243 e. The van der Waals surface area contributed by atoms with Crippen LogP contribution < -0.4 is 11.1 Å². The highest BCUT2D eigenvalue weighted by Crippen LogP contribution is 2.36. The van der Waals surface area contributed by atoms with Crippen molar-refractivity contribution in [2.75, 3.05) is 13.1 Å². The molecular formula is C19H24N4O4. The Morgan fingerprint density at radius 3 is 2.52 bits per heavy atom. The number of hydrogen-bond donors (Lipinski definition) is 2. The van der Waals surface area contributed by atoms with Gasteiger partial charge in [0.15, 0.2) is 0 Å². The third kappa shape index (κ3) is 7.02. The SMILES string of the molecule is CCC(/C=C/C=O)c1cc(N=O)c(N=O)cc1/C=C/C(=O)NCCCCN. The third-order valence-electron chi connectivity index (χ3n) is 3.98. The topological polar surface area (TPSA) is 131 Å². The van der Waals surface area contributed by atoms with Crippen molar-refractivity contribution in [3.05, 3.63) is 51.3 Å². The van der Waals surface area contributed by atoms with E-state index in [1.807, 2.05) is 6.92 Å². The highest BCUT2D eigenvalue weighted by Gasteiger charge is 2.15. The van der Waals surface area contributed by atoms with Crippen LogP contribution in [0.1, 0.15) is 43.2 Å². The zero-order chi connectivity index (χ0) is 20.1. The number of unbranched alkanes of at least 4 members (excludes halogenated alkanes) is 1. The third-order valence-corrected chi connectivity index (χ3v) is 3.98. The van der Waals surface area contributed by atoms with Crippen LogP contribution >= 0.6 is 0 Å². The smallest absolute Gasteiger partial charge is 0.243 e. The zero-order valence-corrected chi connectivity index (χ0v) is 15.3. The summed E-state index contributed by atoms with van der Waals surface area (Å²) >= 11 is 0. The molecule has 0 aliphatic carbocycles. The number of carbonyl (C=O) groups is 2. The van der Waals surface area contributed by atoms with Gasteiger partial charge in [0.05, 0.1) is 0 Å². The van der Waals surface area contributed by atoms with E-state index in [0.29, 0.717) is 36.9 Å². The number of rotatable bonds is 12. The molecule has 0 spiro atoms. The lowest BCUT2D eigenvalue weighted by Crippen LogP contribution is -2.22. The Balaban J connectivity index is 3.17. The molecule has 8 nitrogen and oxygen atoms in total. The molecule has 1 rings (SSSR count). The molecule has 8 heteroatoms. The Kier molecular flexibility index (Phi) is 10.1. The predicted octanol–water partition coefficient (Wildman–Crippen LogP) is 3.60. The maximum atomic E-state index is 11.9. The Morgan fingerprint density at radius 2 is 1.93 bits per heavy atom. The molecule has 0 aliphatic heterocycles. The fourth-order valence-corrected chi connectivity index (χ4v) is 2.57. The molecular weight excluding hydrogens is 348 g/mol. The van der Waals surface area contributed by atoms with Gasteiger partial charge < -0.3 is 11.1 Å². The van der Waals surface area contributed by atoms with E-state index in [-0.39, 0.29) is 23.2 Å². The van der Waals surface area contributed by atoms with Crippen molar-refractivity contribution >= 4 is 29.6 Å². The summed E-state index contributed by atoms with van der Waals surface area (Å²) in [5.41, 5.74) is 6.44. The standard InChI is InChI=1S/C19H24N4O4/c1-2-14(6-5-11-24)16-13-18(23-27)17(22-26)12-15(16)7-8-19(25)21-10-4-3-9-20/h5-8,11-14H,2-4,9-10,20H2,1H3,(H,21,25)/b6-5+,8-7+. The minimum Gasteiger partial charge on any atom is -0.353 e. The maximum absolute atomic E-state index is 11.9. The van der Waals surface area contributed by atoms with E-state index in [4.69, 9.17) is 5.73 Å². The molecule has 0 saturated heterocycles. The number of hydrogen-bond acceptors (Lipinski definition) is 7. The van der Waals surface area contributed by atoms with Crippen molar-refractivity contribution in [2.24, 2.45) is 16.1 Å². The second-order valence-corrected chi connectivity index (χ2v) is 5.81. The van der Waals surface area contributed by atoms with Crippen LogP contribution in [0.25, 0.3) is 6.08 Å². The van der Waals surface area contributed by atoms with Crippen LogP contribution in [0, 0.1) is 9.81 Å². The Hall–Kier alpha value is -3.00. The highest BCUT2D eigenvalue weighted by atomic mass is 16.3. The van der Waals surface area contributed by atoms with Gasteiger partial charge in [0, 0.05) is 18.5 Å². The summed E-state index contributed by atoms with van der Waals surface area (Å²) in [7, 11) is 0. The van der Waals surface area contributed by atoms with Crippen LogP contribution in [0.15, 0.2) is 40.7 Å². The van der Waals surface area contributed by atoms with Gasteiger partial charge in [-0.3, -0.25) is 9.59 Å². The first-order chi connectivity index (χ1) is 13.1. The Morgan fingerprint density at radius 1 is 1.22 bits per heavy atom. The Labute approximate surface area is 157 Å². The molecule has 3 N–H and O–H groups in total. The number of carbonyl (C=O) groups excluding carboxylic acids is 2. The first kappa shape index (κ1) is 22.0. The van der Waals surface area contributed by atoms with E-state index in [2.05, 4.69) is 15.7 Å². The minimum absolute atomic E-state index is 0.0821. The second kappa shape index (κ2) is 12.4. The van der Waals surface area contributed by atoms with Crippen molar-refractivity contribution in [1.29, 1.82) is 0 Å². The summed E-state index contributed by atoms with van der Waals surface area (Å²) in [5.74, 6) is -0.476. The van der Waals surface area contributed by atoms with Gasteiger partial charge >= 0.3 is 0 Å². The summed E-state index contributed by atoms with van der Waals surface area (Å²) in [6, 6.07) is 2.88. The molecule has 0 aromatic heterocycles. The number of aldehydes is 1. The molecule has 144 valence electrons. The van der Waals surface area contributed by atoms with Crippen molar-refractivity contribution in [2.45, 2.75) is 32.1 Å². The highest BCUT2D eigenvalue weighted by molar-refractivity contribution is 5.92. The average Bonchev–Trinajstić information content (AvgIpc) is 2.70. The molecule has 1 unspecified atom stereocenters. The number of allylic oxidation sites excluding steroid dienone is 2. The molecule has 1 aromatic carbocycles. The van der Waals surface area contributed by atoms with Gasteiger partial charge in [-0.05, 0) is 71.6 Å². The summed E-state index contributed by atoms with van der Waals surface area (Å²) in [6.45, 7) is 3.00. The summed E-state index contributed by atoms with van der Waals surface area (Å²) in [6.07, 6.45) is 8.86. The Bertz CT molecular complexity index is 729. The molecule has 1 amide bonds. The lowest BCUT2D eigenvalue weighted by Gasteiger charge is -2.15. The van der Waals surface area contributed by atoms with E-state index in [1.165, 1.54) is 24.3 Å². The van der Waals surface area contributed by atoms with E-state index in [1.54, 1.807) is 12.2 Å².